The lowest BCUT2D eigenvalue weighted by molar-refractivity contribution is 0.0750. The Morgan fingerprint density at radius 1 is 0.827 bits per heavy atom. The van der Waals surface area contributed by atoms with Gasteiger partial charge < -0.3 is 43.7 Å². The van der Waals surface area contributed by atoms with E-state index >= 15 is 0 Å². The van der Waals surface area contributed by atoms with Gasteiger partial charge in [0, 0.05) is 63.1 Å². The number of methoxy groups -OCH3 is 2. The average molecular weight is 735 g/mol. The van der Waals surface area contributed by atoms with Crippen molar-refractivity contribution in [3.63, 3.8) is 0 Å². The smallest absolute Gasteiger partial charge is 0.257 e. The molecule has 2 amide bonds. The second-order valence-corrected chi connectivity index (χ2v) is 17.3. The summed E-state index contributed by atoms with van der Waals surface area (Å²) < 4.78 is 37.6. The summed E-state index contributed by atoms with van der Waals surface area (Å²) in [5.74, 6) is 1.83. The summed E-state index contributed by atoms with van der Waals surface area (Å²) in [6.07, 6.45) is 10.5. The zero-order chi connectivity index (χ0) is 36.8. The normalized spacial score (nSPS) is 21.9. The van der Waals surface area contributed by atoms with Crippen LogP contribution in [0.1, 0.15) is 66.7 Å². The van der Waals surface area contributed by atoms with Crippen LogP contribution in [-0.2, 0) is 4.57 Å². The minimum Gasteiger partial charge on any atom is -0.493 e. The minimum absolute atomic E-state index is 0.0202. The van der Waals surface area contributed by atoms with Gasteiger partial charge in [0.15, 0.2) is 23.0 Å². The van der Waals surface area contributed by atoms with Crippen molar-refractivity contribution in [1.82, 2.24) is 9.80 Å². The Morgan fingerprint density at radius 2 is 1.42 bits per heavy atom. The summed E-state index contributed by atoms with van der Waals surface area (Å²) in [7, 11) is 0.452. The number of aliphatic hydroxyl groups is 1. The van der Waals surface area contributed by atoms with E-state index < -0.39 is 7.14 Å². The van der Waals surface area contributed by atoms with Crippen LogP contribution in [0.4, 0.5) is 11.4 Å². The Bertz CT molecular complexity index is 1810. The van der Waals surface area contributed by atoms with Gasteiger partial charge in [-0.05, 0) is 58.1 Å². The molecule has 0 saturated carbocycles. The molecule has 13 heteroatoms. The molecule has 2 fully saturated rings. The largest absolute Gasteiger partial charge is 0.493 e. The first-order valence-electron chi connectivity index (χ1n) is 18.3. The van der Waals surface area contributed by atoms with E-state index in [9.17, 15) is 19.3 Å². The van der Waals surface area contributed by atoms with Gasteiger partial charge in [0.2, 0.25) is 0 Å². The predicted octanol–water partition coefficient (Wildman–Crippen LogP) is 6.15. The summed E-state index contributed by atoms with van der Waals surface area (Å²) in [6, 6.07) is 7.05. The molecule has 2 N–H and O–H groups in total. The monoisotopic (exact) mass is 734 g/mol. The number of nitrogens with one attached hydrogen (secondary N) is 1. The molecule has 0 aliphatic carbocycles. The Morgan fingerprint density at radius 3 is 2.08 bits per heavy atom. The maximum atomic E-state index is 14.1. The molecule has 2 aromatic rings. The summed E-state index contributed by atoms with van der Waals surface area (Å²) >= 11 is 0. The van der Waals surface area contributed by atoms with E-state index in [1.54, 1.807) is 32.4 Å². The Kier molecular flexibility index (Phi) is 12.0. The van der Waals surface area contributed by atoms with E-state index in [1.165, 1.54) is 11.1 Å². The van der Waals surface area contributed by atoms with Crippen LogP contribution in [0.3, 0.4) is 0 Å². The zero-order valence-corrected chi connectivity index (χ0v) is 31.6. The van der Waals surface area contributed by atoms with E-state index in [4.69, 9.17) is 18.9 Å². The quantitative estimate of drug-likeness (QED) is 0.125. The van der Waals surface area contributed by atoms with E-state index in [0.717, 1.165) is 18.5 Å². The molecule has 1 unspecified atom stereocenters. The molecule has 12 nitrogen and oxygen atoms in total. The van der Waals surface area contributed by atoms with Crippen molar-refractivity contribution < 1.29 is 38.2 Å². The lowest BCUT2D eigenvalue weighted by Gasteiger charge is -2.21. The van der Waals surface area contributed by atoms with Crippen molar-refractivity contribution in [3.05, 3.63) is 58.7 Å². The highest BCUT2D eigenvalue weighted by Crippen LogP contribution is 2.48. The lowest BCUT2D eigenvalue weighted by atomic mass is 10.1. The third kappa shape index (κ3) is 8.03. The van der Waals surface area contributed by atoms with Gasteiger partial charge in [0.05, 0.1) is 69.2 Å². The fourth-order valence-electron chi connectivity index (χ4n) is 7.52. The standard InChI is InChI=1S/C39H51N4O8P/c1-5-26-16-28-22-40-32-20-36(34(48-3)18-30(32)38(45)42(28)24-26)50-11-8-14-52(47,13-7-10-44)15-9-12-51-37-21-33-31(19-35(37)49-4)39(46)43-25-27(6-2)17-29(43)23-41-33/h5-6,18-22,28-29,41,44H,7-17,23-25H2,1-4H3/b26-5+,27-6+/t28-,29-,52?/m0/s1. The number of hydrogen-bond acceptors (Lipinski definition) is 10. The summed E-state index contributed by atoms with van der Waals surface area (Å²) in [5, 5.41) is 13.0. The molecule has 3 atom stereocenters. The van der Waals surface area contributed by atoms with Crippen LogP contribution in [0.2, 0.25) is 0 Å². The number of ether oxygens (including phenoxy) is 4. The van der Waals surface area contributed by atoms with Crippen LogP contribution in [0.5, 0.6) is 23.0 Å². The summed E-state index contributed by atoms with van der Waals surface area (Å²) in [5.41, 5.74) is 4.79. The fourth-order valence-corrected chi connectivity index (χ4v) is 10.3. The minimum atomic E-state index is -2.65. The predicted molar refractivity (Wildman–Crippen MR) is 203 cm³/mol. The number of carbonyl (C=O) groups excluding carboxylic acids is 2. The topological polar surface area (TPSA) is 139 Å². The highest BCUT2D eigenvalue weighted by Gasteiger charge is 2.37. The van der Waals surface area contributed by atoms with E-state index in [2.05, 4.69) is 22.5 Å². The lowest BCUT2D eigenvalue weighted by Crippen LogP contribution is -2.36. The molecule has 2 saturated heterocycles. The number of hydrogen-bond donors (Lipinski definition) is 2. The fraction of sp³-hybridized carbons (Fsp3) is 0.513. The second-order valence-electron chi connectivity index (χ2n) is 13.8. The summed E-state index contributed by atoms with van der Waals surface area (Å²) in [4.78, 5) is 35.3. The Balaban J connectivity index is 1.04. The molecule has 0 radical (unpaired) electrons. The van der Waals surface area contributed by atoms with Crippen molar-refractivity contribution in [1.29, 1.82) is 0 Å². The Labute approximate surface area is 306 Å². The van der Waals surface area contributed by atoms with Gasteiger partial charge in [0.25, 0.3) is 11.8 Å². The molecule has 52 heavy (non-hydrogen) atoms. The zero-order valence-electron chi connectivity index (χ0n) is 30.7. The first-order valence-corrected chi connectivity index (χ1v) is 20.5. The van der Waals surface area contributed by atoms with Gasteiger partial charge in [-0.15, -0.1) is 0 Å². The molecule has 2 aromatic carbocycles. The molecular weight excluding hydrogens is 683 g/mol. The number of allylic oxidation sites excluding steroid dienone is 2. The third-order valence-corrected chi connectivity index (χ3v) is 13.9. The average Bonchev–Trinajstić information content (AvgIpc) is 3.73. The molecule has 6 rings (SSSR count). The molecular formula is C39H51N4O8P. The number of amides is 2. The van der Waals surface area contributed by atoms with Crippen molar-refractivity contribution in [2.24, 2.45) is 4.99 Å². The van der Waals surface area contributed by atoms with Crippen molar-refractivity contribution in [2.75, 3.05) is 77.5 Å². The van der Waals surface area contributed by atoms with E-state index in [0.29, 0.717) is 110 Å². The molecule has 0 spiro atoms. The first-order chi connectivity index (χ1) is 25.2. The maximum absolute atomic E-state index is 14.1. The van der Waals surface area contributed by atoms with Gasteiger partial charge in [-0.2, -0.15) is 0 Å². The molecule has 4 aliphatic rings. The SMILES string of the molecule is C/C=C1\C[C@H]2CNc3cc(OCCCP(=O)(CCCO)CCCOc4cc5c(cc4OC)C(=O)N4C/C(=C/C)C[C@H]4C=N5)c(OC)cc3C(=O)N2C1. The molecule has 4 aliphatic heterocycles. The number of rotatable bonds is 15. The number of aliphatic hydroxyl groups excluding tert-OH is 1. The van der Waals surface area contributed by atoms with Gasteiger partial charge >= 0.3 is 0 Å². The number of anilines is 1. The maximum Gasteiger partial charge on any atom is 0.257 e. The molecule has 280 valence electrons. The van der Waals surface area contributed by atoms with Crippen molar-refractivity contribution in [2.45, 2.75) is 58.0 Å². The number of nitrogens with zero attached hydrogens (tertiary/aromatic N) is 3. The number of fused-ring (bicyclic) bond motifs is 4. The van der Waals surface area contributed by atoms with Gasteiger partial charge in [-0.25, -0.2) is 0 Å². The van der Waals surface area contributed by atoms with Crippen LogP contribution in [-0.4, -0.2) is 117 Å². The highest BCUT2D eigenvalue weighted by molar-refractivity contribution is 7.63. The van der Waals surface area contributed by atoms with Crippen LogP contribution >= 0.6 is 7.14 Å². The van der Waals surface area contributed by atoms with E-state index in [-0.39, 0.29) is 30.5 Å². The van der Waals surface area contributed by atoms with Gasteiger partial charge in [-0.1, -0.05) is 23.3 Å². The van der Waals surface area contributed by atoms with Crippen LogP contribution in [0.15, 0.2) is 52.6 Å². The third-order valence-electron chi connectivity index (χ3n) is 10.5. The van der Waals surface area contributed by atoms with E-state index in [1.807, 2.05) is 35.9 Å². The van der Waals surface area contributed by atoms with Crippen LogP contribution in [0, 0.1) is 0 Å². The number of benzene rings is 2. The molecule has 0 aromatic heterocycles. The van der Waals surface area contributed by atoms with Gasteiger partial charge in [0.1, 0.15) is 0 Å². The number of aliphatic imine (C=N–C) groups is 1. The van der Waals surface area contributed by atoms with Gasteiger partial charge in [-0.3, -0.25) is 14.6 Å². The van der Waals surface area contributed by atoms with Crippen LogP contribution in [0.25, 0.3) is 0 Å². The van der Waals surface area contributed by atoms with Crippen LogP contribution < -0.4 is 24.3 Å². The first kappa shape index (κ1) is 37.5. The Hall–Kier alpha value is -4.28. The van der Waals surface area contributed by atoms with Crippen molar-refractivity contribution in [3.8, 4) is 23.0 Å². The second kappa shape index (κ2) is 16.6. The highest BCUT2D eigenvalue weighted by atomic mass is 31.2. The van der Waals surface area contributed by atoms with Crippen molar-refractivity contribution >= 4 is 36.5 Å². The molecule has 4 heterocycles. The summed E-state index contributed by atoms with van der Waals surface area (Å²) in [6.45, 7) is 6.49. The number of carbonyl (C=O) groups is 2. The molecule has 0 bridgehead atoms.